The van der Waals surface area contributed by atoms with E-state index in [0.717, 1.165) is 62.8 Å². The molecule has 1 aromatic heterocycles. The van der Waals surface area contributed by atoms with Gasteiger partial charge in [0, 0.05) is 44.6 Å². The van der Waals surface area contributed by atoms with E-state index in [9.17, 15) is 4.79 Å². The Morgan fingerprint density at radius 3 is 2.71 bits per heavy atom. The monoisotopic (exact) mass is 384 g/mol. The number of rotatable bonds is 9. The van der Waals surface area contributed by atoms with E-state index >= 15 is 0 Å². The van der Waals surface area contributed by atoms with E-state index in [1.807, 2.05) is 30.3 Å². The van der Waals surface area contributed by atoms with Crippen molar-refractivity contribution in [2.24, 2.45) is 0 Å². The molecule has 0 radical (unpaired) electrons. The lowest BCUT2D eigenvalue weighted by molar-refractivity contribution is 0.0398. The molecule has 1 aliphatic heterocycles. The number of ether oxygens (including phenoxy) is 2. The van der Waals surface area contributed by atoms with E-state index in [4.69, 9.17) is 9.47 Å². The first-order valence-electron chi connectivity index (χ1n) is 9.66. The van der Waals surface area contributed by atoms with Gasteiger partial charge >= 0.3 is 0 Å². The zero-order valence-corrected chi connectivity index (χ0v) is 16.3. The lowest BCUT2D eigenvalue weighted by atomic mass is 10.1. The minimum Gasteiger partial charge on any atom is -0.497 e. The molecular weight excluding hydrogens is 356 g/mol. The number of pyridine rings is 1. The molecule has 0 unspecified atom stereocenters. The Morgan fingerprint density at radius 1 is 1.18 bits per heavy atom. The second-order valence-corrected chi connectivity index (χ2v) is 6.66. The number of nitrogens with zero attached hydrogens (tertiary/aromatic N) is 2. The average molecular weight is 384 g/mol. The Bertz CT molecular complexity index is 746. The molecule has 2 N–H and O–H groups in total. The first-order chi connectivity index (χ1) is 13.7. The fourth-order valence-corrected chi connectivity index (χ4v) is 3.05. The van der Waals surface area contributed by atoms with Crippen LogP contribution < -0.4 is 15.4 Å². The van der Waals surface area contributed by atoms with Crippen LogP contribution in [0, 0.1) is 0 Å². The average Bonchev–Trinajstić information content (AvgIpc) is 2.75. The number of benzene rings is 1. The normalized spacial score (nSPS) is 14.5. The van der Waals surface area contributed by atoms with Gasteiger partial charge in [-0.3, -0.25) is 14.7 Å². The van der Waals surface area contributed by atoms with Crippen molar-refractivity contribution in [2.45, 2.75) is 6.42 Å². The van der Waals surface area contributed by atoms with E-state index in [0.29, 0.717) is 12.2 Å². The van der Waals surface area contributed by atoms with Crippen LogP contribution in [0.5, 0.6) is 5.75 Å². The summed E-state index contributed by atoms with van der Waals surface area (Å²) in [7, 11) is 1.65. The van der Waals surface area contributed by atoms with Crippen molar-refractivity contribution in [3.8, 4) is 5.75 Å². The second kappa shape index (κ2) is 10.6. The highest BCUT2D eigenvalue weighted by atomic mass is 16.5. The molecule has 1 fully saturated rings. The molecule has 2 heterocycles. The van der Waals surface area contributed by atoms with Gasteiger partial charge in [-0.15, -0.1) is 0 Å². The third-order valence-electron chi connectivity index (χ3n) is 4.71. The summed E-state index contributed by atoms with van der Waals surface area (Å²) in [4.78, 5) is 18.9. The molecule has 1 aromatic carbocycles. The minimum atomic E-state index is -0.162. The molecule has 0 aliphatic carbocycles. The third kappa shape index (κ3) is 6.21. The van der Waals surface area contributed by atoms with E-state index in [2.05, 4.69) is 20.5 Å². The summed E-state index contributed by atoms with van der Waals surface area (Å²) in [6, 6.07) is 11.5. The van der Waals surface area contributed by atoms with Gasteiger partial charge in [0.25, 0.3) is 5.91 Å². The highest BCUT2D eigenvalue weighted by molar-refractivity contribution is 5.93. The summed E-state index contributed by atoms with van der Waals surface area (Å²) >= 11 is 0. The molecule has 1 aliphatic rings. The molecule has 1 amide bonds. The molecule has 0 saturated carbocycles. The number of amides is 1. The summed E-state index contributed by atoms with van der Waals surface area (Å²) in [6.45, 7) is 5.88. The zero-order chi connectivity index (χ0) is 19.6. The van der Waals surface area contributed by atoms with E-state index in [1.54, 1.807) is 19.4 Å². The minimum absolute atomic E-state index is 0.162. The zero-order valence-electron chi connectivity index (χ0n) is 16.3. The summed E-state index contributed by atoms with van der Waals surface area (Å²) in [5.74, 6) is 0.667. The van der Waals surface area contributed by atoms with Crippen LogP contribution in [0.15, 0.2) is 42.6 Å². The number of anilines is 1. The van der Waals surface area contributed by atoms with Crippen molar-refractivity contribution in [1.29, 1.82) is 0 Å². The van der Waals surface area contributed by atoms with Crippen molar-refractivity contribution in [3.05, 3.63) is 53.9 Å². The lowest BCUT2D eigenvalue weighted by Crippen LogP contribution is -2.39. The van der Waals surface area contributed by atoms with Crippen LogP contribution in [0.25, 0.3) is 0 Å². The molecule has 0 atom stereocenters. The highest BCUT2D eigenvalue weighted by Gasteiger charge is 2.10. The maximum Gasteiger partial charge on any atom is 0.269 e. The van der Waals surface area contributed by atoms with Crippen LogP contribution in [0.3, 0.4) is 0 Å². The second-order valence-electron chi connectivity index (χ2n) is 6.66. The van der Waals surface area contributed by atoms with Crippen LogP contribution in [0.4, 0.5) is 5.69 Å². The standard InChI is InChI=1S/C21H28N4O3/c1-27-19-4-2-17(3-5-19)6-8-24-21(26)20-16-18(7-9-23-20)22-10-11-25-12-14-28-15-13-25/h2-5,7,9,16H,6,8,10-15H2,1H3,(H,22,23)(H,24,26). The summed E-state index contributed by atoms with van der Waals surface area (Å²) in [5, 5.41) is 6.29. The van der Waals surface area contributed by atoms with Crippen molar-refractivity contribution in [2.75, 3.05) is 58.4 Å². The van der Waals surface area contributed by atoms with Gasteiger partial charge in [-0.05, 0) is 36.2 Å². The number of carbonyl (C=O) groups is 1. The van der Waals surface area contributed by atoms with Crippen LogP contribution in [-0.2, 0) is 11.2 Å². The Morgan fingerprint density at radius 2 is 1.96 bits per heavy atom. The molecule has 1 saturated heterocycles. The Labute approximate surface area is 166 Å². The van der Waals surface area contributed by atoms with Crippen molar-refractivity contribution in [3.63, 3.8) is 0 Å². The lowest BCUT2D eigenvalue weighted by Gasteiger charge is -2.26. The predicted molar refractivity (Wildman–Crippen MR) is 109 cm³/mol. The third-order valence-corrected chi connectivity index (χ3v) is 4.71. The molecule has 7 nitrogen and oxygen atoms in total. The number of hydrogen-bond donors (Lipinski definition) is 2. The number of nitrogens with one attached hydrogen (secondary N) is 2. The molecule has 7 heteroatoms. The van der Waals surface area contributed by atoms with Gasteiger partial charge in [0.1, 0.15) is 11.4 Å². The molecule has 0 bridgehead atoms. The molecular formula is C21H28N4O3. The number of morpholine rings is 1. The van der Waals surface area contributed by atoms with Gasteiger partial charge in [-0.25, -0.2) is 0 Å². The number of aromatic nitrogens is 1. The summed E-state index contributed by atoms with van der Waals surface area (Å²) in [5.41, 5.74) is 2.47. The first-order valence-corrected chi connectivity index (χ1v) is 9.66. The molecule has 28 heavy (non-hydrogen) atoms. The number of carbonyl (C=O) groups excluding carboxylic acids is 1. The number of methoxy groups -OCH3 is 1. The summed E-state index contributed by atoms with van der Waals surface area (Å²) < 4.78 is 10.5. The first kappa shape index (κ1) is 20.1. The van der Waals surface area contributed by atoms with Gasteiger partial charge in [-0.2, -0.15) is 0 Å². The Hall–Kier alpha value is -2.64. The Balaban J connectivity index is 1.42. The largest absolute Gasteiger partial charge is 0.497 e. The maximum atomic E-state index is 12.4. The molecule has 0 spiro atoms. The predicted octanol–water partition coefficient (Wildman–Crippen LogP) is 1.81. The maximum absolute atomic E-state index is 12.4. The van der Waals surface area contributed by atoms with Crippen LogP contribution in [0.2, 0.25) is 0 Å². The molecule has 150 valence electrons. The van der Waals surface area contributed by atoms with Gasteiger partial charge in [0.05, 0.1) is 20.3 Å². The summed E-state index contributed by atoms with van der Waals surface area (Å²) in [6.07, 6.45) is 2.42. The van der Waals surface area contributed by atoms with E-state index < -0.39 is 0 Å². The van der Waals surface area contributed by atoms with Crippen LogP contribution in [0.1, 0.15) is 16.1 Å². The van der Waals surface area contributed by atoms with Gasteiger partial charge in [-0.1, -0.05) is 12.1 Å². The van der Waals surface area contributed by atoms with Crippen molar-refractivity contribution in [1.82, 2.24) is 15.2 Å². The highest BCUT2D eigenvalue weighted by Crippen LogP contribution is 2.12. The molecule has 2 aromatic rings. The van der Waals surface area contributed by atoms with Crippen molar-refractivity contribution >= 4 is 11.6 Å². The van der Waals surface area contributed by atoms with Crippen LogP contribution >= 0.6 is 0 Å². The quantitative estimate of drug-likeness (QED) is 0.687. The topological polar surface area (TPSA) is 75.7 Å². The van der Waals surface area contributed by atoms with Crippen molar-refractivity contribution < 1.29 is 14.3 Å². The van der Waals surface area contributed by atoms with Gasteiger partial charge in [0.2, 0.25) is 0 Å². The van der Waals surface area contributed by atoms with E-state index in [-0.39, 0.29) is 5.91 Å². The Kier molecular flexibility index (Phi) is 7.63. The molecule has 3 rings (SSSR count). The van der Waals surface area contributed by atoms with E-state index in [1.165, 1.54) is 0 Å². The fraction of sp³-hybridized carbons (Fsp3) is 0.429. The smallest absolute Gasteiger partial charge is 0.269 e. The van der Waals surface area contributed by atoms with Gasteiger partial charge < -0.3 is 20.1 Å². The van der Waals surface area contributed by atoms with Gasteiger partial charge in [0.15, 0.2) is 0 Å². The fourth-order valence-electron chi connectivity index (χ4n) is 3.05. The number of hydrogen-bond acceptors (Lipinski definition) is 6. The van der Waals surface area contributed by atoms with Crippen LogP contribution in [-0.4, -0.2) is 68.8 Å². The SMILES string of the molecule is COc1ccc(CCNC(=O)c2cc(NCCN3CCOCC3)ccn2)cc1.